The van der Waals surface area contributed by atoms with Crippen molar-refractivity contribution in [3.63, 3.8) is 0 Å². The Kier molecular flexibility index (Phi) is 9.95. The molecule has 0 radical (unpaired) electrons. The number of fused-ring (bicyclic) bond motifs is 2. The quantitative estimate of drug-likeness (QED) is 0.331. The van der Waals surface area contributed by atoms with Crippen LogP contribution in [0.2, 0.25) is 0 Å². The molecule has 13 heteroatoms. The van der Waals surface area contributed by atoms with E-state index < -0.39 is 59.5 Å². The van der Waals surface area contributed by atoms with Gasteiger partial charge in [0, 0.05) is 43.6 Å². The normalized spacial score (nSPS) is 33.8. The monoisotopic (exact) mass is 700 g/mol. The third-order valence-corrected chi connectivity index (χ3v) is 10.4. The van der Waals surface area contributed by atoms with E-state index in [1.807, 2.05) is 42.5 Å². The number of halogens is 1. The van der Waals surface area contributed by atoms with Crippen LogP contribution in [0.25, 0.3) is 0 Å². The molecule has 46 heavy (non-hydrogen) atoms. The predicted molar refractivity (Wildman–Crippen MR) is 169 cm³/mol. The lowest BCUT2D eigenvalue weighted by molar-refractivity contribution is -0.150. The second-order valence-corrected chi connectivity index (χ2v) is 13.4. The number of esters is 1. The van der Waals surface area contributed by atoms with Crippen LogP contribution in [0.15, 0.2) is 53.0 Å². The number of rotatable bonds is 6. The minimum absolute atomic E-state index is 0.0819. The molecular formula is C33H41BrN4O8. The lowest BCUT2D eigenvalue weighted by Gasteiger charge is -2.38. The Morgan fingerprint density at radius 3 is 2.57 bits per heavy atom. The van der Waals surface area contributed by atoms with Crippen molar-refractivity contribution in [3.8, 4) is 0 Å². The number of ether oxygens (including phenoxy) is 3. The van der Waals surface area contributed by atoms with Crippen LogP contribution in [-0.2, 0) is 33.4 Å². The number of nitrogens with one attached hydrogen (secondary N) is 1. The first-order valence-corrected chi connectivity index (χ1v) is 16.8. The predicted octanol–water partition coefficient (Wildman–Crippen LogP) is 1.15. The molecular weight excluding hydrogens is 660 g/mol. The van der Waals surface area contributed by atoms with Crippen molar-refractivity contribution in [1.29, 1.82) is 0 Å². The molecule has 1 aromatic rings. The Morgan fingerprint density at radius 2 is 1.83 bits per heavy atom. The van der Waals surface area contributed by atoms with Crippen molar-refractivity contribution >= 4 is 39.6 Å². The summed E-state index contributed by atoms with van der Waals surface area (Å²) in [6.45, 7) is 5.24. The van der Waals surface area contributed by atoms with E-state index in [2.05, 4.69) is 26.1 Å². The molecule has 1 aromatic carbocycles. The number of benzene rings is 1. The molecule has 3 amide bonds. The molecule has 1 spiro atoms. The summed E-state index contributed by atoms with van der Waals surface area (Å²) < 4.78 is 18.3. The minimum Gasteiger partial charge on any atom is -0.463 e. The molecule has 5 aliphatic rings. The van der Waals surface area contributed by atoms with Gasteiger partial charge in [-0.1, -0.05) is 58.4 Å². The molecule has 12 nitrogen and oxygen atoms in total. The Bertz CT molecular complexity index is 1380. The van der Waals surface area contributed by atoms with Crippen molar-refractivity contribution in [2.75, 3.05) is 59.2 Å². The molecule has 7 atom stereocenters. The Balaban J connectivity index is 1.38. The number of allylic oxidation sites excluding steroid dienone is 1. The van der Waals surface area contributed by atoms with Gasteiger partial charge in [-0.15, -0.1) is 0 Å². The number of likely N-dealkylation sites (tertiary alicyclic amines) is 1. The zero-order chi connectivity index (χ0) is 32.4. The highest BCUT2D eigenvalue weighted by atomic mass is 79.9. The van der Waals surface area contributed by atoms with Gasteiger partial charge >= 0.3 is 5.97 Å². The van der Waals surface area contributed by atoms with Gasteiger partial charge in [0.05, 0.1) is 43.7 Å². The summed E-state index contributed by atoms with van der Waals surface area (Å²) in [7, 11) is 0. The van der Waals surface area contributed by atoms with Crippen molar-refractivity contribution < 1.29 is 38.5 Å². The van der Waals surface area contributed by atoms with E-state index in [0.717, 1.165) is 18.7 Å². The average molecular weight is 702 g/mol. The van der Waals surface area contributed by atoms with Crippen LogP contribution in [0.1, 0.15) is 31.4 Å². The molecule has 0 unspecified atom stereocenters. The van der Waals surface area contributed by atoms with E-state index in [4.69, 9.17) is 14.2 Å². The maximum atomic E-state index is 14.7. The lowest BCUT2D eigenvalue weighted by Crippen LogP contribution is -2.58. The van der Waals surface area contributed by atoms with Crippen molar-refractivity contribution in [3.05, 3.63) is 58.6 Å². The fourth-order valence-electron chi connectivity index (χ4n) is 7.29. The zero-order valence-electron chi connectivity index (χ0n) is 25.9. The van der Waals surface area contributed by atoms with Crippen molar-refractivity contribution in [1.82, 2.24) is 20.0 Å². The van der Waals surface area contributed by atoms with Gasteiger partial charge in [-0.2, -0.15) is 0 Å². The van der Waals surface area contributed by atoms with Crippen molar-refractivity contribution in [2.45, 2.75) is 49.6 Å². The Hall–Kier alpha value is -3.10. The fraction of sp³-hybridized carbons (Fsp3) is 0.576. The number of carbonyl (C=O) groups excluding carboxylic acids is 4. The summed E-state index contributed by atoms with van der Waals surface area (Å²) in [6.07, 6.45) is 5.26. The SMILES string of the molecule is C[C@H](CO)N1C(=O)[C@H]2[C@@H]3C(=O)N[C@H](c4ccccc4)COC(=O)CC/C=C\CN(CCN4CCOCC4)C(=O)[C@H]1[C@@]21C=C(Br)[C@@H]3O1. The van der Waals surface area contributed by atoms with Gasteiger partial charge in [-0.25, -0.2) is 0 Å². The first-order chi connectivity index (χ1) is 22.2. The second-order valence-electron chi connectivity index (χ2n) is 12.5. The number of aliphatic hydroxyl groups is 1. The third kappa shape index (κ3) is 6.15. The van der Waals surface area contributed by atoms with Gasteiger partial charge in [0.1, 0.15) is 24.4 Å². The fourth-order valence-corrected chi connectivity index (χ4v) is 8.03. The van der Waals surface area contributed by atoms with Gasteiger partial charge in [-0.05, 0) is 25.0 Å². The highest BCUT2D eigenvalue weighted by molar-refractivity contribution is 9.11. The largest absolute Gasteiger partial charge is 0.463 e. The molecule has 0 aromatic heterocycles. The van der Waals surface area contributed by atoms with Crippen molar-refractivity contribution in [2.24, 2.45) is 11.8 Å². The summed E-state index contributed by atoms with van der Waals surface area (Å²) in [5, 5.41) is 13.3. The van der Waals surface area contributed by atoms with Crippen LogP contribution in [0.5, 0.6) is 0 Å². The summed E-state index contributed by atoms with van der Waals surface area (Å²) >= 11 is 3.59. The minimum atomic E-state index is -1.41. The first-order valence-electron chi connectivity index (χ1n) is 16.0. The highest BCUT2D eigenvalue weighted by Gasteiger charge is 2.75. The van der Waals surface area contributed by atoms with E-state index in [-0.39, 0.29) is 32.1 Å². The number of amides is 3. The first kappa shape index (κ1) is 32.8. The molecule has 5 heterocycles. The Morgan fingerprint density at radius 1 is 1.07 bits per heavy atom. The number of morpholine rings is 1. The van der Waals surface area contributed by atoms with E-state index in [1.165, 1.54) is 4.90 Å². The average Bonchev–Trinajstić information content (AvgIpc) is 3.67. The molecule has 0 saturated carbocycles. The summed E-state index contributed by atoms with van der Waals surface area (Å²) in [5.41, 5.74) is -0.667. The summed E-state index contributed by atoms with van der Waals surface area (Å²) in [4.78, 5) is 61.3. The van der Waals surface area contributed by atoms with Gasteiger partial charge in [0.2, 0.25) is 17.7 Å². The topological polar surface area (TPSA) is 138 Å². The molecule has 5 aliphatic heterocycles. The number of aliphatic hydroxyl groups excluding tert-OH is 1. The molecule has 2 N–H and O–H groups in total. The standard InChI is InChI=1S/C33H41BrN4O8/c1-21(19-39)38-29-32(43)37(13-12-36-14-16-44-17-15-36)11-7-3-6-10-25(40)45-20-24(22-8-4-2-5-9-22)35-30(41)26-27(31(38)42)33(29)18-23(34)28(26)46-33/h2-5,7-9,18,21,24,26-29,39H,6,10-17,19-20H2,1H3,(H,35,41)/b7-3-/t21-,24+,26+,27-,28+,29+,33-/m1/s1. The summed E-state index contributed by atoms with van der Waals surface area (Å²) in [6, 6.07) is 6.74. The van der Waals surface area contributed by atoms with Crippen LogP contribution in [0, 0.1) is 11.8 Å². The molecule has 3 fully saturated rings. The van der Waals surface area contributed by atoms with Crippen LogP contribution in [0.3, 0.4) is 0 Å². The van der Waals surface area contributed by atoms with E-state index in [0.29, 0.717) is 37.2 Å². The molecule has 0 aliphatic carbocycles. The van der Waals surface area contributed by atoms with Gasteiger partial charge in [0.15, 0.2) is 0 Å². The molecule has 248 valence electrons. The molecule has 3 saturated heterocycles. The number of nitrogens with zero attached hydrogens (tertiary/aromatic N) is 3. The summed E-state index contributed by atoms with van der Waals surface area (Å²) in [5.74, 6) is -3.53. The smallest absolute Gasteiger partial charge is 0.306 e. The van der Waals surface area contributed by atoms with Gasteiger partial charge in [-0.3, -0.25) is 24.1 Å². The van der Waals surface area contributed by atoms with Crippen LogP contribution < -0.4 is 5.32 Å². The number of cyclic esters (lactones) is 1. The van der Waals surface area contributed by atoms with E-state index in [1.54, 1.807) is 17.9 Å². The lowest BCUT2D eigenvalue weighted by atomic mass is 9.74. The molecule has 5 bridgehead atoms. The zero-order valence-corrected chi connectivity index (χ0v) is 27.5. The van der Waals surface area contributed by atoms with E-state index in [9.17, 15) is 24.3 Å². The molecule has 6 rings (SSSR count). The third-order valence-electron chi connectivity index (χ3n) is 9.68. The number of hydrogen-bond donors (Lipinski definition) is 2. The van der Waals surface area contributed by atoms with Crippen LogP contribution in [0.4, 0.5) is 0 Å². The van der Waals surface area contributed by atoms with E-state index >= 15 is 0 Å². The van der Waals surface area contributed by atoms with Crippen LogP contribution >= 0.6 is 15.9 Å². The van der Waals surface area contributed by atoms with Crippen LogP contribution in [-0.4, -0.2) is 126 Å². The number of hydrogen-bond acceptors (Lipinski definition) is 9. The second kappa shape index (κ2) is 13.9. The van der Waals surface area contributed by atoms with Gasteiger partial charge < -0.3 is 34.4 Å². The Labute approximate surface area is 276 Å². The highest BCUT2D eigenvalue weighted by Crippen LogP contribution is 2.59. The maximum absolute atomic E-state index is 14.7. The van der Waals surface area contributed by atoms with Gasteiger partial charge in [0.25, 0.3) is 0 Å². The maximum Gasteiger partial charge on any atom is 0.306 e. The number of carbonyl (C=O) groups is 4.